The molecule has 82 valence electrons. The summed E-state index contributed by atoms with van der Waals surface area (Å²) in [6, 6.07) is 4.57. The predicted octanol–water partition coefficient (Wildman–Crippen LogP) is 1.58. The SMILES string of the molecule is NNc1s[nH+]c2ccc(S(O)(O)O)cc12. The Hall–Kier alpha value is -0.900. The van der Waals surface area contributed by atoms with E-state index in [4.69, 9.17) is 19.5 Å². The Morgan fingerprint density at radius 1 is 1.33 bits per heavy atom. The Kier molecular flexibility index (Phi) is 2.54. The van der Waals surface area contributed by atoms with Crippen LogP contribution in [0.15, 0.2) is 23.1 Å². The minimum Gasteiger partial charge on any atom is -0.310 e. The lowest BCUT2D eigenvalue weighted by atomic mass is 10.2. The number of benzene rings is 1. The van der Waals surface area contributed by atoms with E-state index in [0.29, 0.717) is 10.4 Å². The summed E-state index contributed by atoms with van der Waals surface area (Å²) in [7, 11) is -3.68. The topological polar surface area (TPSA) is 113 Å². The predicted molar refractivity (Wildman–Crippen MR) is 59.9 cm³/mol. The first kappa shape index (κ1) is 10.6. The molecule has 1 heterocycles. The first-order valence-electron chi connectivity index (χ1n) is 3.94. The van der Waals surface area contributed by atoms with Crippen LogP contribution in [0.2, 0.25) is 0 Å². The van der Waals surface area contributed by atoms with Crippen molar-refractivity contribution in [2.24, 2.45) is 5.84 Å². The highest BCUT2D eigenvalue weighted by atomic mass is 32.3. The lowest BCUT2D eigenvalue weighted by molar-refractivity contribution is -0.254. The van der Waals surface area contributed by atoms with Crippen molar-refractivity contribution in [2.45, 2.75) is 4.90 Å². The molecular formula is C7H10N3O3S2+. The molecule has 7 N–H and O–H groups in total. The Morgan fingerprint density at radius 2 is 2.07 bits per heavy atom. The molecule has 0 fully saturated rings. The normalized spacial score (nSPS) is 13.1. The van der Waals surface area contributed by atoms with Gasteiger partial charge in [0.25, 0.3) is 0 Å². The molecule has 0 saturated carbocycles. The number of aromatic nitrogens is 1. The lowest BCUT2D eigenvalue weighted by Gasteiger charge is -2.18. The molecule has 15 heavy (non-hydrogen) atoms. The van der Waals surface area contributed by atoms with E-state index >= 15 is 0 Å². The van der Waals surface area contributed by atoms with Gasteiger partial charge >= 0.3 is 0 Å². The van der Waals surface area contributed by atoms with Crippen molar-refractivity contribution in [3.05, 3.63) is 18.2 Å². The van der Waals surface area contributed by atoms with Crippen molar-refractivity contribution in [3.63, 3.8) is 0 Å². The van der Waals surface area contributed by atoms with Crippen LogP contribution in [0, 0.1) is 0 Å². The molecule has 0 spiro atoms. The number of hydrogen-bond donors (Lipinski definition) is 5. The summed E-state index contributed by atoms with van der Waals surface area (Å²) in [6.07, 6.45) is 0. The molecule has 0 aliphatic heterocycles. The average molecular weight is 248 g/mol. The molecule has 8 heteroatoms. The minimum absolute atomic E-state index is 0.0679. The lowest BCUT2D eigenvalue weighted by Crippen LogP contribution is -2.05. The summed E-state index contributed by atoms with van der Waals surface area (Å²) in [5.41, 5.74) is 3.29. The van der Waals surface area contributed by atoms with E-state index in [9.17, 15) is 0 Å². The molecule has 0 atom stereocenters. The summed E-state index contributed by atoms with van der Waals surface area (Å²) in [4.78, 5) is 0.0679. The van der Waals surface area contributed by atoms with Crippen LogP contribution >= 0.6 is 22.4 Å². The first-order valence-corrected chi connectivity index (χ1v) is 6.26. The van der Waals surface area contributed by atoms with E-state index in [1.54, 1.807) is 6.07 Å². The third-order valence-corrected chi connectivity index (χ3v) is 3.70. The summed E-state index contributed by atoms with van der Waals surface area (Å²) in [6.45, 7) is 0. The van der Waals surface area contributed by atoms with Gasteiger partial charge in [-0.15, -0.1) is 4.37 Å². The van der Waals surface area contributed by atoms with Crippen LogP contribution in [-0.4, -0.2) is 13.7 Å². The van der Waals surface area contributed by atoms with E-state index in [0.717, 1.165) is 5.52 Å². The van der Waals surface area contributed by atoms with E-state index in [2.05, 4.69) is 9.80 Å². The van der Waals surface area contributed by atoms with Gasteiger partial charge in [-0.3, -0.25) is 0 Å². The number of nitrogens with two attached hydrogens (primary N) is 1. The number of anilines is 1. The van der Waals surface area contributed by atoms with Gasteiger partial charge < -0.3 is 19.1 Å². The number of aromatic amines is 1. The molecule has 1 aromatic heterocycles. The van der Waals surface area contributed by atoms with Crippen LogP contribution in [0.3, 0.4) is 0 Å². The van der Waals surface area contributed by atoms with Crippen molar-refractivity contribution in [2.75, 3.05) is 5.43 Å². The Morgan fingerprint density at radius 3 is 2.67 bits per heavy atom. The molecule has 0 aliphatic rings. The maximum atomic E-state index is 9.09. The zero-order valence-electron chi connectivity index (χ0n) is 7.47. The quantitative estimate of drug-likeness (QED) is 0.409. The van der Waals surface area contributed by atoms with Crippen molar-refractivity contribution in [1.82, 2.24) is 0 Å². The van der Waals surface area contributed by atoms with E-state index < -0.39 is 10.9 Å². The largest absolute Gasteiger partial charge is 0.310 e. The van der Waals surface area contributed by atoms with Gasteiger partial charge in [-0.05, 0) is 12.1 Å². The Bertz CT molecular complexity index is 494. The molecule has 0 saturated heterocycles. The van der Waals surface area contributed by atoms with Crippen molar-refractivity contribution < 1.29 is 18.0 Å². The first-order chi connectivity index (χ1) is 7.02. The molecule has 0 unspecified atom stereocenters. The summed E-state index contributed by atoms with van der Waals surface area (Å²) < 4.78 is 30.2. The van der Waals surface area contributed by atoms with Crippen LogP contribution in [0.25, 0.3) is 10.9 Å². The van der Waals surface area contributed by atoms with Gasteiger partial charge in [-0.2, -0.15) is 0 Å². The van der Waals surface area contributed by atoms with Crippen LogP contribution in [-0.2, 0) is 0 Å². The molecule has 0 amide bonds. The van der Waals surface area contributed by atoms with Gasteiger partial charge in [-0.1, -0.05) is 0 Å². The standard InChI is InChI=1S/C7H9N3O3S2/c8-9-7-5-3-4(15(11,12)13)1-2-6(5)10-14-7/h1-3,9,11-13H,8H2/p+1. The van der Waals surface area contributed by atoms with Crippen molar-refractivity contribution in [3.8, 4) is 0 Å². The molecule has 6 nitrogen and oxygen atoms in total. The maximum Gasteiger partial charge on any atom is 0.227 e. The summed E-state index contributed by atoms with van der Waals surface area (Å²) in [5.74, 6) is 5.28. The monoisotopic (exact) mass is 248 g/mol. The van der Waals surface area contributed by atoms with E-state index in [1.165, 1.54) is 23.7 Å². The fraction of sp³-hybridized carbons (Fsp3) is 0. The van der Waals surface area contributed by atoms with Crippen molar-refractivity contribution >= 4 is 38.3 Å². The molecule has 1 aromatic carbocycles. The highest BCUT2D eigenvalue weighted by molar-refractivity contribution is 8.19. The molecule has 0 aliphatic carbocycles. The number of rotatable bonds is 2. The number of hydrogen-bond acceptors (Lipinski definition) is 6. The van der Waals surface area contributed by atoms with Gasteiger partial charge in [0.05, 0.1) is 10.3 Å². The number of H-pyrrole nitrogens is 1. The zero-order chi connectivity index (χ0) is 11.1. The summed E-state index contributed by atoms with van der Waals surface area (Å²) in [5, 5.41) is 1.37. The number of fused-ring (bicyclic) bond motifs is 1. The average Bonchev–Trinajstić information content (AvgIpc) is 2.57. The smallest absolute Gasteiger partial charge is 0.227 e. The van der Waals surface area contributed by atoms with Gasteiger partial charge in [-0.25, -0.2) is 5.84 Å². The molecule has 2 rings (SSSR count). The third-order valence-electron chi connectivity index (χ3n) is 1.95. The van der Waals surface area contributed by atoms with Crippen molar-refractivity contribution in [1.29, 1.82) is 0 Å². The van der Waals surface area contributed by atoms with Gasteiger partial charge in [0.2, 0.25) is 5.52 Å². The van der Waals surface area contributed by atoms with Gasteiger partial charge in [0.1, 0.15) is 10.9 Å². The highest BCUT2D eigenvalue weighted by Crippen LogP contribution is 2.44. The molecule has 0 bridgehead atoms. The minimum atomic E-state index is -3.68. The second kappa shape index (κ2) is 3.59. The third kappa shape index (κ3) is 1.91. The summed E-state index contributed by atoms with van der Waals surface area (Å²) >= 11 is 1.29. The van der Waals surface area contributed by atoms with Gasteiger partial charge in [0, 0.05) is 6.07 Å². The maximum absolute atomic E-state index is 9.09. The fourth-order valence-electron chi connectivity index (χ4n) is 1.24. The number of hydrazine groups is 1. The van der Waals surface area contributed by atoms with Crippen LogP contribution in [0.1, 0.15) is 0 Å². The second-order valence-corrected chi connectivity index (χ2v) is 5.23. The van der Waals surface area contributed by atoms with E-state index in [1.807, 2.05) is 0 Å². The van der Waals surface area contributed by atoms with Crippen LogP contribution < -0.4 is 15.6 Å². The van der Waals surface area contributed by atoms with E-state index in [-0.39, 0.29) is 4.90 Å². The van der Waals surface area contributed by atoms with Gasteiger partial charge in [0.15, 0.2) is 16.5 Å². The second-order valence-electron chi connectivity index (χ2n) is 2.90. The Balaban J connectivity index is 2.63. The highest BCUT2D eigenvalue weighted by Gasteiger charge is 2.19. The molecule has 2 aromatic rings. The molecular weight excluding hydrogens is 238 g/mol. The number of nitrogen functional groups attached to an aromatic ring is 1. The number of nitrogens with one attached hydrogen (secondary N) is 2. The Labute approximate surface area is 91.0 Å². The zero-order valence-corrected chi connectivity index (χ0v) is 9.10. The molecule has 0 radical (unpaired) electrons. The van der Waals surface area contributed by atoms with Crippen LogP contribution in [0.5, 0.6) is 0 Å². The van der Waals surface area contributed by atoms with Crippen LogP contribution in [0.4, 0.5) is 5.00 Å². The fourth-order valence-corrected chi connectivity index (χ4v) is 2.49.